The predicted octanol–water partition coefficient (Wildman–Crippen LogP) is 4.36. The lowest BCUT2D eigenvalue weighted by molar-refractivity contribution is 0.294. The lowest BCUT2D eigenvalue weighted by Crippen LogP contribution is -2.11. The Balaban J connectivity index is 1.72. The molecule has 1 N–H and O–H groups in total. The fraction of sp³-hybridized carbons (Fsp3) is 0.647. The number of rotatable bonds is 4. The molecule has 2 fully saturated rings. The van der Waals surface area contributed by atoms with Crippen molar-refractivity contribution in [3.63, 3.8) is 0 Å². The fourth-order valence-corrected chi connectivity index (χ4v) is 3.31. The zero-order valence-electron chi connectivity index (χ0n) is 11.8. The summed E-state index contributed by atoms with van der Waals surface area (Å²) in [6.45, 7) is 2.43. The Labute approximate surface area is 115 Å². The standard InChI is InChI=1S/C17H24O2/c1-12-9-16(12)17-8-7-15(19-17)10-14(11-18)13-5-3-2-4-6-13/h7-8,10,12-13,16,18H,2-6,9,11H2,1H3. The molecule has 0 bridgehead atoms. The molecule has 0 aliphatic heterocycles. The highest BCUT2D eigenvalue weighted by Crippen LogP contribution is 2.47. The zero-order valence-corrected chi connectivity index (χ0v) is 11.8. The van der Waals surface area contributed by atoms with Gasteiger partial charge in [0.05, 0.1) is 6.61 Å². The summed E-state index contributed by atoms with van der Waals surface area (Å²) in [6, 6.07) is 4.16. The lowest BCUT2D eigenvalue weighted by Gasteiger charge is -2.23. The minimum Gasteiger partial charge on any atom is -0.461 e. The van der Waals surface area contributed by atoms with Gasteiger partial charge in [0.15, 0.2) is 0 Å². The molecule has 0 amide bonds. The number of aliphatic hydroxyl groups is 1. The molecule has 0 radical (unpaired) electrons. The van der Waals surface area contributed by atoms with Gasteiger partial charge in [-0.1, -0.05) is 26.2 Å². The van der Waals surface area contributed by atoms with Crippen molar-refractivity contribution < 1.29 is 9.52 Å². The second-order valence-corrected chi connectivity index (χ2v) is 6.27. The first kappa shape index (κ1) is 13.0. The third kappa shape index (κ3) is 2.94. The molecule has 2 atom stereocenters. The van der Waals surface area contributed by atoms with Gasteiger partial charge in [-0.15, -0.1) is 0 Å². The summed E-state index contributed by atoms with van der Waals surface area (Å²) in [5, 5.41) is 9.60. The van der Waals surface area contributed by atoms with Crippen LogP contribution in [0, 0.1) is 11.8 Å². The molecule has 2 aliphatic carbocycles. The second kappa shape index (κ2) is 5.54. The van der Waals surface area contributed by atoms with Gasteiger partial charge < -0.3 is 9.52 Å². The van der Waals surface area contributed by atoms with Crippen LogP contribution in [-0.2, 0) is 0 Å². The molecule has 2 nitrogen and oxygen atoms in total. The minimum atomic E-state index is 0.167. The van der Waals surface area contributed by atoms with Crippen molar-refractivity contribution >= 4 is 6.08 Å². The normalized spacial score (nSPS) is 28.6. The van der Waals surface area contributed by atoms with Gasteiger partial charge in [-0.05, 0) is 54.9 Å². The molecule has 104 valence electrons. The Hall–Kier alpha value is -1.02. The highest BCUT2D eigenvalue weighted by atomic mass is 16.3. The van der Waals surface area contributed by atoms with Crippen molar-refractivity contribution in [2.45, 2.75) is 51.4 Å². The van der Waals surface area contributed by atoms with Gasteiger partial charge in [0.25, 0.3) is 0 Å². The second-order valence-electron chi connectivity index (χ2n) is 6.27. The van der Waals surface area contributed by atoms with E-state index < -0.39 is 0 Å². The molecule has 1 heterocycles. The summed E-state index contributed by atoms with van der Waals surface area (Å²) in [5.41, 5.74) is 1.16. The van der Waals surface area contributed by atoms with E-state index in [1.54, 1.807) is 0 Å². The van der Waals surface area contributed by atoms with Crippen LogP contribution in [-0.4, -0.2) is 11.7 Å². The van der Waals surface area contributed by atoms with Crippen LogP contribution in [0.3, 0.4) is 0 Å². The van der Waals surface area contributed by atoms with E-state index in [9.17, 15) is 5.11 Å². The maximum absolute atomic E-state index is 9.60. The first-order valence-electron chi connectivity index (χ1n) is 7.69. The van der Waals surface area contributed by atoms with Gasteiger partial charge >= 0.3 is 0 Å². The van der Waals surface area contributed by atoms with Crippen LogP contribution in [0.15, 0.2) is 22.1 Å². The molecule has 0 aromatic carbocycles. The molecule has 2 saturated carbocycles. The van der Waals surface area contributed by atoms with Crippen LogP contribution in [0.25, 0.3) is 6.08 Å². The Morgan fingerprint density at radius 3 is 2.68 bits per heavy atom. The van der Waals surface area contributed by atoms with Crippen LogP contribution in [0.5, 0.6) is 0 Å². The summed E-state index contributed by atoms with van der Waals surface area (Å²) in [6.07, 6.45) is 9.72. The topological polar surface area (TPSA) is 33.4 Å². The predicted molar refractivity (Wildman–Crippen MR) is 76.9 cm³/mol. The molecular formula is C17H24O2. The van der Waals surface area contributed by atoms with Gasteiger partial charge in [-0.2, -0.15) is 0 Å². The van der Waals surface area contributed by atoms with Crippen molar-refractivity contribution in [2.24, 2.45) is 11.8 Å². The monoisotopic (exact) mass is 260 g/mol. The van der Waals surface area contributed by atoms with Crippen molar-refractivity contribution in [1.29, 1.82) is 0 Å². The maximum atomic E-state index is 9.60. The van der Waals surface area contributed by atoms with Crippen molar-refractivity contribution in [1.82, 2.24) is 0 Å². The first-order valence-corrected chi connectivity index (χ1v) is 7.69. The molecule has 0 saturated heterocycles. The number of hydrogen-bond acceptors (Lipinski definition) is 2. The van der Waals surface area contributed by atoms with Crippen LogP contribution >= 0.6 is 0 Å². The Morgan fingerprint density at radius 2 is 2.05 bits per heavy atom. The van der Waals surface area contributed by atoms with E-state index in [4.69, 9.17) is 4.42 Å². The smallest absolute Gasteiger partial charge is 0.127 e. The van der Waals surface area contributed by atoms with Crippen molar-refractivity contribution in [2.75, 3.05) is 6.61 Å². The summed E-state index contributed by atoms with van der Waals surface area (Å²) in [5.74, 6) is 4.02. The highest BCUT2D eigenvalue weighted by Gasteiger charge is 2.36. The first-order chi connectivity index (χ1) is 9.28. The molecule has 2 aliphatic rings. The minimum absolute atomic E-state index is 0.167. The molecular weight excluding hydrogens is 236 g/mol. The van der Waals surface area contributed by atoms with E-state index in [0.717, 1.165) is 23.0 Å². The van der Waals surface area contributed by atoms with Crippen LogP contribution < -0.4 is 0 Å². The van der Waals surface area contributed by atoms with E-state index in [1.807, 2.05) is 0 Å². The number of hydrogen-bond donors (Lipinski definition) is 1. The van der Waals surface area contributed by atoms with Crippen LogP contribution in [0.2, 0.25) is 0 Å². The molecule has 1 aromatic rings. The molecule has 2 unspecified atom stereocenters. The lowest BCUT2D eigenvalue weighted by atomic mass is 9.83. The van der Waals surface area contributed by atoms with E-state index in [0.29, 0.717) is 11.8 Å². The Kier molecular flexibility index (Phi) is 3.79. The third-order valence-electron chi connectivity index (χ3n) is 4.76. The SMILES string of the molecule is CC1CC1c1ccc(C=C(CO)C2CCCCC2)o1. The quantitative estimate of drug-likeness (QED) is 0.872. The molecule has 19 heavy (non-hydrogen) atoms. The summed E-state index contributed by atoms with van der Waals surface area (Å²) in [7, 11) is 0. The summed E-state index contributed by atoms with van der Waals surface area (Å²) in [4.78, 5) is 0. The van der Waals surface area contributed by atoms with Gasteiger partial charge in [0.1, 0.15) is 11.5 Å². The molecule has 2 heteroatoms. The van der Waals surface area contributed by atoms with Gasteiger partial charge in [-0.3, -0.25) is 0 Å². The third-order valence-corrected chi connectivity index (χ3v) is 4.76. The highest BCUT2D eigenvalue weighted by molar-refractivity contribution is 5.49. The molecule has 0 spiro atoms. The Bertz CT molecular complexity index is 452. The van der Waals surface area contributed by atoms with Gasteiger partial charge in [0.2, 0.25) is 0 Å². The number of furan rings is 1. The summed E-state index contributed by atoms with van der Waals surface area (Å²) >= 11 is 0. The average Bonchev–Trinajstić information content (AvgIpc) is 3.00. The van der Waals surface area contributed by atoms with Gasteiger partial charge in [0, 0.05) is 5.92 Å². The van der Waals surface area contributed by atoms with Crippen LogP contribution in [0.1, 0.15) is 62.9 Å². The molecule has 1 aromatic heterocycles. The van der Waals surface area contributed by atoms with E-state index >= 15 is 0 Å². The van der Waals surface area contributed by atoms with Crippen LogP contribution in [0.4, 0.5) is 0 Å². The number of aliphatic hydroxyl groups excluding tert-OH is 1. The maximum Gasteiger partial charge on any atom is 0.127 e. The average molecular weight is 260 g/mol. The fourth-order valence-electron chi connectivity index (χ4n) is 3.31. The van der Waals surface area contributed by atoms with Crippen molar-refractivity contribution in [3.8, 4) is 0 Å². The van der Waals surface area contributed by atoms with E-state index in [2.05, 4.69) is 25.1 Å². The molecule has 3 rings (SSSR count). The van der Waals surface area contributed by atoms with E-state index in [-0.39, 0.29) is 6.61 Å². The Morgan fingerprint density at radius 1 is 1.32 bits per heavy atom. The van der Waals surface area contributed by atoms with Gasteiger partial charge in [-0.25, -0.2) is 0 Å². The summed E-state index contributed by atoms with van der Waals surface area (Å²) < 4.78 is 5.91. The van der Waals surface area contributed by atoms with Crippen molar-refractivity contribution in [3.05, 3.63) is 29.2 Å². The van der Waals surface area contributed by atoms with E-state index in [1.165, 1.54) is 38.5 Å². The largest absolute Gasteiger partial charge is 0.461 e. The zero-order chi connectivity index (χ0) is 13.2.